The van der Waals surface area contributed by atoms with E-state index in [9.17, 15) is 10.1 Å². The molecule has 0 bridgehead atoms. The van der Waals surface area contributed by atoms with Gasteiger partial charge in [-0.2, -0.15) is 0 Å². The Hall–Kier alpha value is -3.74. The Morgan fingerprint density at radius 2 is 1.57 bits per heavy atom. The van der Waals surface area contributed by atoms with Gasteiger partial charge < -0.3 is 10.2 Å². The Morgan fingerprint density at radius 1 is 1.00 bits per heavy atom. The van der Waals surface area contributed by atoms with Crippen LogP contribution in [0.2, 0.25) is 0 Å². The molecule has 1 heterocycles. The highest BCUT2D eigenvalue weighted by Gasteiger charge is 2.27. The fraction of sp³-hybridized carbons (Fsp3) is 0.143. The zero-order valence-corrected chi connectivity index (χ0v) is 15.4. The van der Waals surface area contributed by atoms with Crippen LogP contribution in [0.3, 0.4) is 0 Å². The molecule has 0 saturated carbocycles. The van der Waals surface area contributed by atoms with E-state index < -0.39 is 4.92 Å². The first kappa shape index (κ1) is 19.0. The monoisotopic (exact) mass is 375 g/mol. The number of aromatic nitrogens is 2. The summed E-state index contributed by atoms with van der Waals surface area (Å²) in [5, 5.41) is 14.8. The van der Waals surface area contributed by atoms with E-state index >= 15 is 0 Å². The summed E-state index contributed by atoms with van der Waals surface area (Å²) in [5.74, 6) is 0.459. The molecule has 0 atom stereocenters. The van der Waals surface area contributed by atoms with Crippen LogP contribution in [0.25, 0.3) is 0 Å². The summed E-state index contributed by atoms with van der Waals surface area (Å²) in [5.41, 5.74) is 1.93. The highest BCUT2D eigenvalue weighted by Crippen LogP contribution is 2.33. The van der Waals surface area contributed by atoms with Crippen LogP contribution in [-0.2, 0) is 13.1 Å². The number of nitrogens with one attached hydrogen (secondary N) is 1. The van der Waals surface area contributed by atoms with Gasteiger partial charge in [-0.3, -0.25) is 10.1 Å². The van der Waals surface area contributed by atoms with E-state index in [0.29, 0.717) is 19.6 Å². The maximum Gasteiger partial charge on any atom is 0.353 e. The summed E-state index contributed by atoms with van der Waals surface area (Å²) in [4.78, 5) is 21.6. The second-order valence-corrected chi connectivity index (χ2v) is 6.15. The SMILES string of the molecule is C=CCNc1ncnc(N(Cc2ccccc2)Cc2ccccc2)c1[N+](=O)[O-]. The zero-order chi connectivity index (χ0) is 19.8. The normalized spacial score (nSPS) is 10.3. The average molecular weight is 375 g/mol. The molecule has 1 aromatic heterocycles. The van der Waals surface area contributed by atoms with E-state index in [2.05, 4.69) is 21.9 Å². The van der Waals surface area contributed by atoms with Gasteiger partial charge in [-0.1, -0.05) is 66.7 Å². The third-order valence-corrected chi connectivity index (χ3v) is 4.13. The van der Waals surface area contributed by atoms with Gasteiger partial charge in [0.05, 0.1) is 4.92 Å². The number of nitro groups is 1. The van der Waals surface area contributed by atoms with Gasteiger partial charge in [0.1, 0.15) is 6.33 Å². The van der Waals surface area contributed by atoms with Crippen LogP contribution >= 0.6 is 0 Å². The first-order chi connectivity index (χ1) is 13.7. The highest BCUT2D eigenvalue weighted by molar-refractivity contribution is 5.70. The lowest BCUT2D eigenvalue weighted by Gasteiger charge is -2.24. The van der Waals surface area contributed by atoms with E-state index in [1.54, 1.807) is 6.08 Å². The maximum atomic E-state index is 11.8. The van der Waals surface area contributed by atoms with E-state index in [0.717, 1.165) is 11.1 Å². The predicted molar refractivity (Wildman–Crippen MR) is 110 cm³/mol. The molecule has 0 saturated heterocycles. The smallest absolute Gasteiger partial charge is 0.353 e. The fourth-order valence-corrected chi connectivity index (χ4v) is 2.88. The van der Waals surface area contributed by atoms with Crippen molar-refractivity contribution >= 4 is 17.3 Å². The molecule has 0 amide bonds. The molecule has 0 spiro atoms. The van der Waals surface area contributed by atoms with E-state index in [-0.39, 0.29) is 17.3 Å². The lowest BCUT2D eigenvalue weighted by atomic mass is 10.1. The molecule has 3 rings (SSSR count). The summed E-state index contributed by atoms with van der Waals surface area (Å²) in [6.45, 7) is 4.96. The summed E-state index contributed by atoms with van der Waals surface area (Å²) in [6, 6.07) is 19.6. The standard InChI is InChI=1S/C21H21N5O2/c1-2-13-22-20-19(26(27)28)21(24-16-23-20)25(14-17-9-5-3-6-10-17)15-18-11-7-4-8-12-18/h2-12,16H,1,13-15H2,(H,22,23,24). The molecule has 7 nitrogen and oxygen atoms in total. The van der Waals surface area contributed by atoms with Crippen molar-refractivity contribution in [2.24, 2.45) is 0 Å². The van der Waals surface area contributed by atoms with Crippen LogP contribution in [-0.4, -0.2) is 21.4 Å². The minimum atomic E-state index is -0.441. The van der Waals surface area contributed by atoms with Gasteiger partial charge in [0.2, 0.25) is 11.6 Å². The minimum absolute atomic E-state index is 0.142. The van der Waals surface area contributed by atoms with Gasteiger partial charge >= 0.3 is 5.69 Å². The topological polar surface area (TPSA) is 84.2 Å². The molecule has 0 aliphatic carbocycles. The molecule has 1 N–H and O–H groups in total. The number of benzene rings is 2. The molecular weight excluding hydrogens is 354 g/mol. The molecule has 0 aliphatic heterocycles. The molecule has 2 aromatic carbocycles. The molecule has 0 fully saturated rings. The van der Waals surface area contributed by atoms with Crippen molar-refractivity contribution in [2.45, 2.75) is 13.1 Å². The second kappa shape index (κ2) is 9.27. The van der Waals surface area contributed by atoms with Gasteiger partial charge in [0.25, 0.3) is 0 Å². The Balaban J connectivity index is 2.03. The van der Waals surface area contributed by atoms with Crippen molar-refractivity contribution in [1.82, 2.24) is 9.97 Å². The minimum Gasteiger partial charge on any atom is -0.361 e. The van der Waals surface area contributed by atoms with Gasteiger partial charge in [0.15, 0.2) is 0 Å². The van der Waals surface area contributed by atoms with Crippen molar-refractivity contribution in [3.8, 4) is 0 Å². The van der Waals surface area contributed by atoms with Crippen molar-refractivity contribution in [1.29, 1.82) is 0 Å². The number of rotatable bonds is 9. The third-order valence-electron chi connectivity index (χ3n) is 4.13. The summed E-state index contributed by atoms with van der Waals surface area (Å²) >= 11 is 0. The number of anilines is 2. The Bertz CT molecular complexity index is 891. The summed E-state index contributed by atoms with van der Waals surface area (Å²) in [7, 11) is 0. The van der Waals surface area contributed by atoms with Crippen LogP contribution in [0.1, 0.15) is 11.1 Å². The second-order valence-electron chi connectivity index (χ2n) is 6.15. The van der Waals surface area contributed by atoms with E-state index in [1.807, 2.05) is 65.6 Å². The Labute approximate surface area is 163 Å². The first-order valence-corrected chi connectivity index (χ1v) is 8.86. The van der Waals surface area contributed by atoms with Crippen LogP contribution in [0.15, 0.2) is 79.6 Å². The van der Waals surface area contributed by atoms with Gasteiger partial charge in [-0.05, 0) is 11.1 Å². The van der Waals surface area contributed by atoms with Crippen molar-refractivity contribution in [2.75, 3.05) is 16.8 Å². The van der Waals surface area contributed by atoms with Gasteiger partial charge in [-0.25, -0.2) is 9.97 Å². The molecule has 0 radical (unpaired) electrons. The molecule has 142 valence electrons. The average Bonchev–Trinajstić information content (AvgIpc) is 2.73. The van der Waals surface area contributed by atoms with Crippen LogP contribution in [0, 0.1) is 10.1 Å². The Morgan fingerprint density at radius 3 is 2.07 bits per heavy atom. The predicted octanol–water partition coefficient (Wildman–Crippen LogP) is 4.19. The van der Waals surface area contributed by atoms with Gasteiger partial charge in [-0.15, -0.1) is 6.58 Å². The van der Waals surface area contributed by atoms with Crippen LogP contribution in [0.4, 0.5) is 17.3 Å². The number of hydrogen-bond acceptors (Lipinski definition) is 6. The molecule has 0 aliphatic rings. The first-order valence-electron chi connectivity index (χ1n) is 8.86. The van der Waals surface area contributed by atoms with E-state index in [4.69, 9.17) is 0 Å². The third kappa shape index (κ3) is 4.70. The van der Waals surface area contributed by atoms with Gasteiger partial charge in [0, 0.05) is 19.6 Å². The fourth-order valence-electron chi connectivity index (χ4n) is 2.88. The summed E-state index contributed by atoms with van der Waals surface area (Å²) in [6.07, 6.45) is 2.97. The zero-order valence-electron chi connectivity index (χ0n) is 15.4. The quantitative estimate of drug-likeness (QED) is 0.343. The molecular formula is C21H21N5O2. The highest BCUT2D eigenvalue weighted by atomic mass is 16.6. The molecule has 0 unspecified atom stereocenters. The van der Waals surface area contributed by atoms with Crippen LogP contribution < -0.4 is 10.2 Å². The lowest BCUT2D eigenvalue weighted by Crippen LogP contribution is -2.25. The maximum absolute atomic E-state index is 11.8. The Kier molecular flexibility index (Phi) is 6.30. The lowest BCUT2D eigenvalue weighted by molar-refractivity contribution is -0.383. The number of hydrogen-bond donors (Lipinski definition) is 1. The van der Waals surface area contributed by atoms with Crippen molar-refractivity contribution in [3.63, 3.8) is 0 Å². The van der Waals surface area contributed by atoms with Crippen molar-refractivity contribution < 1.29 is 4.92 Å². The van der Waals surface area contributed by atoms with Crippen LogP contribution in [0.5, 0.6) is 0 Å². The molecule has 7 heteroatoms. The number of nitrogens with zero attached hydrogens (tertiary/aromatic N) is 4. The largest absolute Gasteiger partial charge is 0.361 e. The summed E-state index contributed by atoms with van der Waals surface area (Å²) < 4.78 is 0. The van der Waals surface area contributed by atoms with E-state index in [1.165, 1.54) is 6.33 Å². The molecule has 3 aromatic rings. The molecule has 28 heavy (non-hydrogen) atoms. The van der Waals surface area contributed by atoms with Crippen molar-refractivity contribution in [3.05, 3.63) is 101 Å².